The fraction of sp³-hybridized carbons (Fsp3) is 0.562. The molecule has 0 unspecified atom stereocenters. The average molecular weight is 291 g/mol. The monoisotopic (exact) mass is 291 g/mol. The van der Waals surface area contributed by atoms with E-state index in [1.807, 2.05) is 18.2 Å². The number of amides is 1. The molecule has 1 aromatic rings. The average Bonchev–Trinajstić information content (AvgIpc) is 2.46. The molecular formula is C16H25N3O2. The Bertz CT molecular complexity index is 457. The Balaban J connectivity index is 1.60. The summed E-state index contributed by atoms with van der Waals surface area (Å²) < 4.78 is 5.80. The molecule has 1 aliphatic rings. The van der Waals surface area contributed by atoms with Crippen LogP contribution < -0.4 is 10.5 Å². The van der Waals surface area contributed by atoms with E-state index in [9.17, 15) is 4.79 Å². The molecule has 5 nitrogen and oxygen atoms in total. The molecule has 2 N–H and O–H groups in total. The number of carbonyl (C=O) groups is 1. The van der Waals surface area contributed by atoms with Crippen LogP contribution in [0.5, 0.6) is 5.75 Å². The molecule has 21 heavy (non-hydrogen) atoms. The highest BCUT2D eigenvalue weighted by atomic mass is 16.5. The van der Waals surface area contributed by atoms with Gasteiger partial charge in [-0.1, -0.05) is 18.2 Å². The summed E-state index contributed by atoms with van der Waals surface area (Å²) in [6, 6.07) is 8.10. The predicted molar refractivity (Wildman–Crippen MR) is 83.4 cm³/mol. The third-order valence-electron chi connectivity index (χ3n) is 3.81. The second kappa shape index (κ2) is 8.00. The molecule has 1 heterocycles. The van der Waals surface area contributed by atoms with Gasteiger partial charge in [-0.25, -0.2) is 0 Å². The molecule has 1 fully saturated rings. The van der Waals surface area contributed by atoms with Gasteiger partial charge in [0.15, 0.2) is 0 Å². The van der Waals surface area contributed by atoms with Gasteiger partial charge in [-0.3, -0.25) is 9.69 Å². The van der Waals surface area contributed by atoms with Crippen molar-refractivity contribution < 1.29 is 9.53 Å². The Hall–Kier alpha value is -1.59. The van der Waals surface area contributed by atoms with Crippen LogP contribution in [0, 0.1) is 6.92 Å². The van der Waals surface area contributed by atoms with Gasteiger partial charge in [0, 0.05) is 32.7 Å². The molecule has 0 aromatic heterocycles. The first kappa shape index (κ1) is 15.8. The van der Waals surface area contributed by atoms with E-state index in [1.165, 1.54) is 5.56 Å². The molecule has 0 bridgehead atoms. The van der Waals surface area contributed by atoms with E-state index in [0.717, 1.165) is 51.5 Å². The first-order valence-corrected chi connectivity index (χ1v) is 7.56. The summed E-state index contributed by atoms with van der Waals surface area (Å²) in [6.07, 6.45) is 1.02. The fourth-order valence-electron chi connectivity index (χ4n) is 2.58. The maximum Gasteiger partial charge on any atom is 0.231 e. The second-order valence-electron chi connectivity index (χ2n) is 5.55. The zero-order chi connectivity index (χ0) is 15.1. The third-order valence-corrected chi connectivity index (χ3v) is 3.81. The van der Waals surface area contributed by atoms with Crippen LogP contribution in [0.1, 0.15) is 12.0 Å². The minimum absolute atomic E-state index is 0.241. The van der Waals surface area contributed by atoms with Crippen molar-refractivity contribution in [2.24, 2.45) is 5.73 Å². The molecule has 1 amide bonds. The third kappa shape index (κ3) is 5.36. The summed E-state index contributed by atoms with van der Waals surface area (Å²) in [7, 11) is 0. The number of piperazine rings is 1. The van der Waals surface area contributed by atoms with Crippen LogP contribution in [0.2, 0.25) is 0 Å². The van der Waals surface area contributed by atoms with Crippen LogP contribution in [-0.4, -0.2) is 61.6 Å². The summed E-state index contributed by atoms with van der Waals surface area (Å²) >= 11 is 0. The van der Waals surface area contributed by atoms with Gasteiger partial charge in [0.1, 0.15) is 5.75 Å². The van der Waals surface area contributed by atoms with Gasteiger partial charge >= 0.3 is 0 Å². The Morgan fingerprint density at radius 2 is 1.86 bits per heavy atom. The van der Waals surface area contributed by atoms with E-state index >= 15 is 0 Å². The highest BCUT2D eigenvalue weighted by Crippen LogP contribution is 2.16. The highest BCUT2D eigenvalue weighted by molar-refractivity contribution is 5.75. The topological polar surface area (TPSA) is 58.8 Å². The lowest BCUT2D eigenvalue weighted by Crippen LogP contribution is -2.49. The van der Waals surface area contributed by atoms with Gasteiger partial charge in [0.25, 0.3) is 0 Å². The molecule has 5 heteroatoms. The molecule has 0 aliphatic carbocycles. The van der Waals surface area contributed by atoms with Crippen molar-refractivity contribution in [3.05, 3.63) is 29.8 Å². The van der Waals surface area contributed by atoms with Crippen LogP contribution in [0.25, 0.3) is 0 Å². The number of nitrogens with zero attached hydrogens (tertiary/aromatic N) is 2. The van der Waals surface area contributed by atoms with Gasteiger partial charge in [-0.2, -0.15) is 0 Å². The standard InChI is InChI=1S/C16H25N3O2/c1-14-5-2-3-6-15(14)21-12-4-7-18-8-10-19(11-9-18)13-16(17)20/h2-3,5-6H,4,7-13H2,1H3,(H2,17,20). The van der Waals surface area contributed by atoms with Crippen LogP contribution in [0.4, 0.5) is 0 Å². The predicted octanol–water partition coefficient (Wildman–Crippen LogP) is 0.867. The normalized spacial score (nSPS) is 16.8. The van der Waals surface area contributed by atoms with Crippen molar-refractivity contribution >= 4 is 5.91 Å². The summed E-state index contributed by atoms with van der Waals surface area (Å²) in [4.78, 5) is 15.4. The van der Waals surface area contributed by atoms with Gasteiger partial charge in [-0.05, 0) is 25.0 Å². The summed E-state index contributed by atoms with van der Waals surface area (Å²) in [5.41, 5.74) is 6.39. The minimum Gasteiger partial charge on any atom is -0.493 e. The Morgan fingerprint density at radius 1 is 1.19 bits per heavy atom. The van der Waals surface area contributed by atoms with Crippen LogP contribution in [-0.2, 0) is 4.79 Å². The molecule has 1 saturated heterocycles. The number of primary amides is 1. The van der Waals surface area contributed by atoms with Crippen LogP contribution in [0.15, 0.2) is 24.3 Å². The van der Waals surface area contributed by atoms with Gasteiger partial charge in [0.2, 0.25) is 5.91 Å². The molecule has 0 radical (unpaired) electrons. The number of carbonyl (C=O) groups excluding carboxylic acids is 1. The van der Waals surface area contributed by atoms with Gasteiger partial charge in [-0.15, -0.1) is 0 Å². The van der Waals surface area contributed by atoms with E-state index in [-0.39, 0.29) is 5.91 Å². The van der Waals surface area contributed by atoms with Crippen molar-refractivity contribution in [3.63, 3.8) is 0 Å². The molecular weight excluding hydrogens is 266 g/mol. The quantitative estimate of drug-likeness (QED) is 0.757. The molecule has 1 aliphatic heterocycles. The SMILES string of the molecule is Cc1ccccc1OCCCN1CCN(CC(N)=O)CC1. The fourth-order valence-corrected chi connectivity index (χ4v) is 2.58. The lowest BCUT2D eigenvalue weighted by molar-refractivity contribution is -0.119. The second-order valence-corrected chi connectivity index (χ2v) is 5.55. The van der Waals surface area contributed by atoms with Crippen molar-refractivity contribution in [3.8, 4) is 5.75 Å². The summed E-state index contributed by atoms with van der Waals surface area (Å²) in [5.74, 6) is 0.735. The molecule has 0 spiro atoms. The van der Waals surface area contributed by atoms with E-state index < -0.39 is 0 Å². The molecule has 0 atom stereocenters. The largest absolute Gasteiger partial charge is 0.493 e. The van der Waals surface area contributed by atoms with Gasteiger partial charge < -0.3 is 15.4 Å². The number of hydrogen-bond acceptors (Lipinski definition) is 4. The Morgan fingerprint density at radius 3 is 2.52 bits per heavy atom. The lowest BCUT2D eigenvalue weighted by atomic mass is 10.2. The number of benzene rings is 1. The van der Waals surface area contributed by atoms with Crippen LogP contribution in [0.3, 0.4) is 0 Å². The summed E-state index contributed by atoms with van der Waals surface area (Å²) in [5, 5.41) is 0. The number of rotatable bonds is 7. The Labute approximate surface area is 126 Å². The number of aryl methyl sites for hydroxylation is 1. The van der Waals surface area contributed by atoms with Crippen LogP contribution >= 0.6 is 0 Å². The zero-order valence-electron chi connectivity index (χ0n) is 12.8. The van der Waals surface area contributed by atoms with Crippen molar-refractivity contribution in [1.82, 2.24) is 9.80 Å². The zero-order valence-corrected chi connectivity index (χ0v) is 12.8. The lowest BCUT2D eigenvalue weighted by Gasteiger charge is -2.33. The number of para-hydroxylation sites is 1. The minimum atomic E-state index is -0.241. The first-order valence-electron chi connectivity index (χ1n) is 7.56. The van der Waals surface area contributed by atoms with E-state index in [0.29, 0.717) is 6.54 Å². The van der Waals surface area contributed by atoms with E-state index in [1.54, 1.807) is 0 Å². The highest BCUT2D eigenvalue weighted by Gasteiger charge is 2.17. The number of nitrogens with two attached hydrogens (primary N) is 1. The number of ether oxygens (including phenoxy) is 1. The van der Waals surface area contributed by atoms with Gasteiger partial charge in [0.05, 0.1) is 13.2 Å². The van der Waals surface area contributed by atoms with Crippen molar-refractivity contribution in [2.75, 3.05) is 45.9 Å². The molecule has 1 aromatic carbocycles. The maximum atomic E-state index is 10.9. The summed E-state index contributed by atoms with van der Waals surface area (Å²) in [6.45, 7) is 8.05. The number of hydrogen-bond donors (Lipinski definition) is 1. The van der Waals surface area contributed by atoms with E-state index in [2.05, 4.69) is 22.8 Å². The first-order chi connectivity index (χ1) is 10.1. The maximum absolute atomic E-state index is 10.9. The Kier molecular flexibility index (Phi) is 6.02. The molecule has 116 valence electrons. The molecule has 0 saturated carbocycles. The molecule has 2 rings (SSSR count). The van der Waals surface area contributed by atoms with E-state index in [4.69, 9.17) is 10.5 Å². The van der Waals surface area contributed by atoms with Crippen molar-refractivity contribution in [1.29, 1.82) is 0 Å². The van der Waals surface area contributed by atoms with Crippen molar-refractivity contribution in [2.45, 2.75) is 13.3 Å². The smallest absolute Gasteiger partial charge is 0.231 e.